The molecule has 130 valence electrons. The van der Waals surface area contributed by atoms with E-state index in [4.69, 9.17) is 4.99 Å². The number of aliphatic imine (C=N–C) groups is 1. The molecule has 0 unspecified atom stereocenters. The fourth-order valence-electron chi connectivity index (χ4n) is 3.49. The molecular formula is C20H23FN4. The first-order valence-electron chi connectivity index (χ1n) is 8.87. The molecule has 25 heavy (non-hydrogen) atoms. The number of halogens is 1. The Bertz CT molecular complexity index is 822. The minimum absolute atomic E-state index is 0.234. The van der Waals surface area contributed by atoms with E-state index < -0.39 is 0 Å². The maximum atomic E-state index is 14.0. The number of benzene rings is 2. The number of aryl methyl sites for hydroxylation is 1. The summed E-state index contributed by atoms with van der Waals surface area (Å²) in [6, 6.07) is 11.1. The van der Waals surface area contributed by atoms with Crippen LogP contribution in [0.3, 0.4) is 0 Å². The van der Waals surface area contributed by atoms with Gasteiger partial charge in [-0.3, -0.25) is 0 Å². The van der Waals surface area contributed by atoms with Gasteiger partial charge in [0.2, 0.25) is 0 Å². The molecular weight excluding hydrogens is 315 g/mol. The summed E-state index contributed by atoms with van der Waals surface area (Å²) in [7, 11) is 0. The fourth-order valence-corrected chi connectivity index (χ4v) is 3.49. The average molecular weight is 338 g/mol. The molecule has 0 atom stereocenters. The molecule has 2 aliphatic heterocycles. The highest BCUT2D eigenvalue weighted by Crippen LogP contribution is 2.35. The van der Waals surface area contributed by atoms with Gasteiger partial charge in [0.1, 0.15) is 11.7 Å². The first kappa shape index (κ1) is 16.1. The van der Waals surface area contributed by atoms with Crippen molar-refractivity contribution in [3.63, 3.8) is 0 Å². The molecule has 0 amide bonds. The first-order chi connectivity index (χ1) is 12.1. The molecule has 2 heterocycles. The largest absolute Gasteiger partial charge is 0.353 e. The van der Waals surface area contributed by atoms with Crippen LogP contribution in [0.5, 0.6) is 0 Å². The van der Waals surface area contributed by atoms with Crippen LogP contribution in [0.25, 0.3) is 0 Å². The number of nitrogens with zero attached hydrogens (tertiary/aromatic N) is 3. The third-order valence-electron chi connectivity index (χ3n) is 4.99. The van der Waals surface area contributed by atoms with E-state index in [9.17, 15) is 4.39 Å². The van der Waals surface area contributed by atoms with Crippen molar-refractivity contribution in [2.75, 3.05) is 38.0 Å². The van der Waals surface area contributed by atoms with Crippen LogP contribution in [-0.4, -0.2) is 48.4 Å². The highest BCUT2D eigenvalue weighted by Gasteiger charge is 2.25. The van der Waals surface area contributed by atoms with Crippen LogP contribution in [-0.2, 0) is 0 Å². The van der Waals surface area contributed by atoms with Crippen LogP contribution in [0.15, 0.2) is 41.4 Å². The van der Waals surface area contributed by atoms with Crippen LogP contribution in [0.2, 0.25) is 0 Å². The van der Waals surface area contributed by atoms with Gasteiger partial charge in [-0.05, 0) is 49.4 Å². The molecule has 4 rings (SSSR count). The van der Waals surface area contributed by atoms with E-state index in [0.29, 0.717) is 0 Å². The summed E-state index contributed by atoms with van der Waals surface area (Å²) in [5.74, 6) is 0.629. The van der Waals surface area contributed by atoms with Gasteiger partial charge in [-0.1, -0.05) is 13.0 Å². The minimum Gasteiger partial charge on any atom is -0.353 e. The van der Waals surface area contributed by atoms with Crippen molar-refractivity contribution >= 4 is 22.9 Å². The molecule has 2 aromatic rings. The Hall–Kier alpha value is -2.40. The van der Waals surface area contributed by atoms with E-state index in [1.165, 1.54) is 6.07 Å². The van der Waals surface area contributed by atoms with Gasteiger partial charge in [0.15, 0.2) is 0 Å². The van der Waals surface area contributed by atoms with Gasteiger partial charge in [0.05, 0.1) is 11.4 Å². The normalized spacial score (nSPS) is 17.2. The third kappa shape index (κ3) is 3.12. The van der Waals surface area contributed by atoms with Crippen LogP contribution >= 0.6 is 0 Å². The van der Waals surface area contributed by atoms with Crippen molar-refractivity contribution in [1.29, 1.82) is 0 Å². The molecule has 0 aliphatic carbocycles. The number of nitrogens with one attached hydrogen (secondary N) is 1. The topological polar surface area (TPSA) is 30.9 Å². The van der Waals surface area contributed by atoms with Crippen LogP contribution in [0.1, 0.15) is 18.1 Å². The van der Waals surface area contributed by atoms with Crippen molar-refractivity contribution < 1.29 is 4.39 Å². The molecule has 4 nitrogen and oxygen atoms in total. The summed E-state index contributed by atoms with van der Waals surface area (Å²) >= 11 is 0. The van der Waals surface area contributed by atoms with Gasteiger partial charge in [-0.25, -0.2) is 9.38 Å². The molecule has 0 spiro atoms. The number of hydrogen-bond acceptors (Lipinski definition) is 4. The van der Waals surface area contributed by atoms with Gasteiger partial charge in [0.25, 0.3) is 0 Å². The quantitative estimate of drug-likeness (QED) is 0.855. The predicted molar refractivity (Wildman–Crippen MR) is 101 cm³/mol. The first-order valence-corrected chi connectivity index (χ1v) is 8.87. The monoisotopic (exact) mass is 338 g/mol. The molecule has 0 saturated carbocycles. The summed E-state index contributed by atoms with van der Waals surface area (Å²) in [5.41, 5.74) is 4.77. The second-order valence-electron chi connectivity index (χ2n) is 6.69. The van der Waals surface area contributed by atoms with Crippen molar-refractivity contribution in [3.05, 3.63) is 53.3 Å². The Labute approximate surface area is 148 Å². The maximum Gasteiger partial charge on any atom is 0.138 e. The number of anilines is 2. The molecule has 0 aromatic heterocycles. The second kappa shape index (κ2) is 6.48. The maximum absolute atomic E-state index is 14.0. The molecule has 0 radical (unpaired) electrons. The van der Waals surface area contributed by atoms with Crippen LogP contribution < -0.4 is 5.32 Å². The molecule has 1 saturated heterocycles. The lowest BCUT2D eigenvalue weighted by atomic mass is 10.1. The van der Waals surface area contributed by atoms with E-state index in [1.54, 1.807) is 12.1 Å². The minimum atomic E-state index is -0.234. The Morgan fingerprint density at radius 1 is 1.04 bits per heavy atom. The van der Waals surface area contributed by atoms with Crippen molar-refractivity contribution in [3.8, 4) is 0 Å². The number of fused-ring (bicyclic) bond motifs is 2. The van der Waals surface area contributed by atoms with Gasteiger partial charge in [0, 0.05) is 37.4 Å². The Morgan fingerprint density at radius 3 is 2.56 bits per heavy atom. The summed E-state index contributed by atoms with van der Waals surface area (Å²) in [4.78, 5) is 9.66. The Balaban J connectivity index is 1.80. The lowest BCUT2D eigenvalue weighted by molar-refractivity contribution is 0.190. The zero-order chi connectivity index (χ0) is 17.4. The van der Waals surface area contributed by atoms with Crippen molar-refractivity contribution in [2.24, 2.45) is 4.99 Å². The highest BCUT2D eigenvalue weighted by atomic mass is 19.1. The van der Waals surface area contributed by atoms with E-state index in [1.807, 2.05) is 6.07 Å². The van der Waals surface area contributed by atoms with Crippen molar-refractivity contribution in [1.82, 2.24) is 9.80 Å². The molecule has 0 bridgehead atoms. The zero-order valence-corrected chi connectivity index (χ0v) is 14.7. The molecule has 1 N–H and O–H groups in total. The molecule has 2 aromatic carbocycles. The number of piperazine rings is 1. The SMILES string of the molecule is CCN1CCN(C2=Nc3cc(C)ccc3Nc3ccc(F)cc32)CC1. The van der Waals surface area contributed by atoms with Crippen LogP contribution in [0, 0.1) is 12.7 Å². The summed E-state index contributed by atoms with van der Waals surface area (Å²) < 4.78 is 14.0. The van der Waals surface area contributed by atoms with E-state index in [2.05, 4.69) is 41.1 Å². The van der Waals surface area contributed by atoms with E-state index >= 15 is 0 Å². The van der Waals surface area contributed by atoms with Gasteiger partial charge in [-0.2, -0.15) is 0 Å². The van der Waals surface area contributed by atoms with Gasteiger partial charge >= 0.3 is 0 Å². The van der Waals surface area contributed by atoms with Gasteiger partial charge < -0.3 is 15.1 Å². The predicted octanol–water partition coefficient (Wildman–Crippen LogP) is 3.91. The lowest BCUT2D eigenvalue weighted by Crippen LogP contribution is -2.48. The fraction of sp³-hybridized carbons (Fsp3) is 0.350. The third-order valence-corrected chi connectivity index (χ3v) is 4.99. The molecule has 5 heteroatoms. The van der Waals surface area contributed by atoms with Gasteiger partial charge in [-0.15, -0.1) is 0 Å². The Morgan fingerprint density at radius 2 is 1.80 bits per heavy atom. The van der Waals surface area contributed by atoms with Crippen molar-refractivity contribution in [2.45, 2.75) is 13.8 Å². The van der Waals surface area contributed by atoms with Crippen LogP contribution in [0.4, 0.5) is 21.5 Å². The number of rotatable bonds is 1. The number of hydrogen-bond donors (Lipinski definition) is 1. The van der Waals surface area contributed by atoms with E-state index in [0.717, 1.165) is 66.7 Å². The standard InChI is InChI=1S/C20H23FN4/c1-3-24-8-10-25(11-9-24)20-16-13-15(21)5-7-17(16)22-18-6-4-14(2)12-19(18)23-20/h4-7,12-13,22H,3,8-11H2,1-2H3. The second-order valence-corrected chi connectivity index (χ2v) is 6.69. The zero-order valence-electron chi connectivity index (χ0n) is 14.7. The number of likely N-dealkylation sites (N-methyl/N-ethyl adjacent to an activating group) is 1. The molecule has 1 fully saturated rings. The lowest BCUT2D eigenvalue weighted by Gasteiger charge is -2.36. The summed E-state index contributed by atoms with van der Waals surface area (Å²) in [6.45, 7) is 9.14. The summed E-state index contributed by atoms with van der Waals surface area (Å²) in [5, 5.41) is 3.43. The number of amidine groups is 1. The average Bonchev–Trinajstić information content (AvgIpc) is 2.78. The highest BCUT2D eigenvalue weighted by molar-refractivity contribution is 6.07. The van der Waals surface area contributed by atoms with E-state index in [-0.39, 0.29) is 5.82 Å². The summed E-state index contributed by atoms with van der Waals surface area (Å²) in [6.07, 6.45) is 0. The smallest absolute Gasteiger partial charge is 0.138 e. The Kier molecular flexibility index (Phi) is 4.17. The molecule has 2 aliphatic rings.